The zero-order valence-electron chi connectivity index (χ0n) is 21.2. The van der Waals surface area contributed by atoms with Crippen LogP contribution in [0.3, 0.4) is 0 Å². The average molecular weight is 546 g/mol. The van der Waals surface area contributed by atoms with Crippen molar-refractivity contribution in [2.75, 3.05) is 6.54 Å². The minimum atomic E-state index is -1.17. The molecular formula is C23H39N5O10. The summed E-state index contributed by atoms with van der Waals surface area (Å²) in [6.07, 6.45) is 2.16. The molecular weight excluding hydrogens is 506 g/mol. The third-order valence-corrected chi connectivity index (χ3v) is 4.56. The Balaban J connectivity index is 0. The Kier molecular flexibility index (Phi) is 19.6. The fourth-order valence-electron chi connectivity index (χ4n) is 2.28. The topological polar surface area (TPSA) is 306 Å². The summed E-state index contributed by atoms with van der Waals surface area (Å²) < 4.78 is 4.97. The highest BCUT2D eigenvalue weighted by Gasteiger charge is 2.14. The Morgan fingerprint density at radius 2 is 1.24 bits per heavy atom. The number of carboxylic acids is 4. The predicted octanol–water partition coefficient (Wildman–Crippen LogP) is -1.32. The minimum absolute atomic E-state index is 0.0231. The second kappa shape index (κ2) is 20.4. The number of carbonyl (C=O) groups excluding carboxylic acids is 1. The number of hydrogen-bond acceptors (Lipinski definition) is 11. The van der Waals surface area contributed by atoms with Crippen LogP contribution in [-0.2, 0) is 30.4 Å². The number of carboxylic acid groups (broad SMARTS) is 4. The van der Waals surface area contributed by atoms with E-state index in [0.29, 0.717) is 18.7 Å². The van der Waals surface area contributed by atoms with E-state index in [0.717, 1.165) is 18.4 Å². The molecule has 15 heteroatoms. The Hall–Kier alpha value is -3.63. The van der Waals surface area contributed by atoms with Crippen molar-refractivity contribution in [1.82, 2.24) is 0 Å². The maximum absolute atomic E-state index is 11.2. The molecule has 1 rings (SSSR count). The number of carbonyl (C=O) groups is 5. The molecule has 0 unspecified atom stereocenters. The second-order valence-electron chi connectivity index (χ2n) is 8.11. The monoisotopic (exact) mass is 545 g/mol. The van der Waals surface area contributed by atoms with Crippen molar-refractivity contribution in [3.63, 3.8) is 0 Å². The molecule has 38 heavy (non-hydrogen) atoms. The fourth-order valence-corrected chi connectivity index (χ4v) is 2.28. The average Bonchev–Trinajstić information content (AvgIpc) is 2.84. The molecule has 0 amide bonds. The van der Waals surface area contributed by atoms with Crippen molar-refractivity contribution < 1.29 is 49.1 Å². The Morgan fingerprint density at radius 3 is 1.63 bits per heavy atom. The highest BCUT2D eigenvalue weighted by Crippen LogP contribution is 2.13. The van der Waals surface area contributed by atoms with E-state index in [1.165, 1.54) is 6.92 Å². The summed E-state index contributed by atoms with van der Waals surface area (Å²) in [4.78, 5) is 51.8. The maximum Gasteiger partial charge on any atom is 0.328 e. The van der Waals surface area contributed by atoms with Crippen molar-refractivity contribution in [2.45, 2.75) is 69.6 Å². The van der Waals surface area contributed by atoms with Crippen molar-refractivity contribution in [3.05, 3.63) is 29.8 Å². The second-order valence-corrected chi connectivity index (χ2v) is 8.11. The van der Waals surface area contributed by atoms with Gasteiger partial charge in [0.05, 0.1) is 0 Å². The first-order valence-electron chi connectivity index (χ1n) is 11.6. The first-order valence-corrected chi connectivity index (χ1v) is 11.6. The highest BCUT2D eigenvalue weighted by atomic mass is 16.5. The van der Waals surface area contributed by atoms with Gasteiger partial charge >= 0.3 is 29.8 Å². The Labute approximate surface area is 219 Å². The lowest BCUT2D eigenvalue weighted by Crippen LogP contribution is -2.32. The molecule has 0 fully saturated rings. The van der Waals surface area contributed by atoms with E-state index in [2.05, 4.69) is 0 Å². The number of aliphatic carboxylic acids is 4. The minimum Gasteiger partial charge on any atom is -0.481 e. The van der Waals surface area contributed by atoms with Gasteiger partial charge in [-0.15, -0.1) is 0 Å². The zero-order chi connectivity index (χ0) is 29.8. The summed E-state index contributed by atoms with van der Waals surface area (Å²) in [5, 5.41) is 33.3. The van der Waals surface area contributed by atoms with E-state index in [-0.39, 0.29) is 19.3 Å². The first kappa shape index (κ1) is 36.5. The van der Waals surface area contributed by atoms with E-state index in [1.807, 2.05) is 0 Å². The number of hydrogen-bond donors (Lipinski definition) is 9. The van der Waals surface area contributed by atoms with Crippen LogP contribution < -0.4 is 33.4 Å². The van der Waals surface area contributed by atoms with Gasteiger partial charge in [-0.3, -0.25) is 19.2 Å². The summed E-state index contributed by atoms with van der Waals surface area (Å²) in [5.41, 5.74) is 26.9. The van der Waals surface area contributed by atoms with Crippen LogP contribution in [0.1, 0.15) is 44.6 Å². The van der Waals surface area contributed by atoms with Gasteiger partial charge in [0.1, 0.15) is 29.9 Å². The van der Waals surface area contributed by atoms with Crippen molar-refractivity contribution >= 4 is 29.8 Å². The summed E-state index contributed by atoms with van der Waals surface area (Å²) in [6, 6.07) is 3.06. The van der Waals surface area contributed by atoms with E-state index < -0.39 is 54.0 Å². The van der Waals surface area contributed by atoms with Gasteiger partial charge in [0.15, 0.2) is 0 Å². The van der Waals surface area contributed by atoms with Crippen molar-refractivity contribution in [1.29, 1.82) is 0 Å². The molecule has 14 N–H and O–H groups in total. The lowest BCUT2D eigenvalue weighted by Gasteiger charge is -2.09. The third kappa shape index (κ3) is 19.5. The van der Waals surface area contributed by atoms with Crippen LogP contribution >= 0.6 is 0 Å². The smallest absolute Gasteiger partial charge is 0.328 e. The largest absolute Gasteiger partial charge is 0.481 e. The fraction of sp³-hybridized carbons (Fsp3) is 0.522. The Bertz CT molecular complexity index is 880. The van der Waals surface area contributed by atoms with Gasteiger partial charge in [-0.2, -0.15) is 0 Å². The normalized spacial score (nSPS) is 13.2. The number of esters is 1. The lowest BCUT2D eigenvalue weighted by atomic mass is 10.1. The molecule has 0 spiro atoms. The molecule has 0 bridgehead atoms. The van der Waals surface area contributed by atoms with Gasteiger partial charge in [-0.05, 0) is 56.8 Å². The van der Waals surface area contributed by atoms with Crippen LogP contribution in [0.25, 0.3) is 0 Å². The molecule has 0 heterocycles. The summed E-state index contributed by atoms with van der Waals surface area (Å²) in [7, 11) is 0. The highest BCUT2D eigenvalue weighted by molar-refractivity contribution is 5.77. The number of benzene rings is 1. The van der Waals surface area contributed by atoms with Gasteiger partial charge in [-0.25, -0.2) is 4.79 Å². The number of unbranched alkanes of at least 4 members (excludes halogenated alkanes) is 1. The van der Waals surface area contributed by atoms with E-state index in [1.54, 1.807) is 24.3 Å². The summed E-state index contributed by atoms with van der Waals surface area (Å²) >= 11 is 0. The number of nitrogens with two attached hydrogens (primary N) is 5. The van der Waals surface area contributed by atoms with Gasteiger partial charge in [-0.1, -0.05) is 18.6 Å². The molecule has 4 atom stereocenters. The lowest BCUT2D eigenvalue weighted by molar-refractivity contribution is -0.141. The predicted molar refractivity (Wildman–Crippen MR) is 136 cm³/mol. The molecule has 0 radical (unpaired) electrons. The van der Waals surface area contributed by atoms with Gasteiger partial charge in [0.25, 0.3) is 0 Å². The summed E-state index contributed by atoms with van der Waals surface area (Å²) in [5.74, 6) is -4.34. The molecule has 0 aliphatic heterocycles. The van der Waals surface area contributed by atoms with E-state index >= 15 is 0 Å². The van der Waals surface area contributed by atoms with Crippen LogP contribution in [-0.4, -0.2) is 81.0 Å². The first-order chi connectivity index (χ1) is 17.6. The van der Waals surface area contributed by atoms with E-state index in [4.69, 9.17) is 53.8 Å². The van der Waals surface area contributed by atoms with E-state index in [9.17, 15) is 24.0 Å². The van der Waals surface area contributed by atoms with Gasteiger partial charge < -0.3 is 53.8 Å². The standard InChI is InChI=1S/C12H16N2O4.C6H14N2O2.C5H9NO4/c1-7(13)12(17)18-9-4-2-8(3-5-9)6-10(14)11(15)16;7-4-2-1-3-5(8)6(9)10;6-3(5(9)10)1-2-4(7)8/h2-5,7,10H,6,13-14H2,1H3,(H,15,16);5H,1-4,7-8H2,(H,9,10);3H,1-2,6H2,(H,7,8)(H,9,10)/t7-,10-;5-;3-/m000/s1. The molecule has 0 aliphatic carbocycles. The molecule has 0 aromatic heterocycles. The molecule has 0 saturated carbocycles. The van der Waals surface area contributed by atoms with Crippen LogP contribution in [0, 0.1) is 0 Å². The van der Waals surface area contributed by atoms with Gasteiger partial charge in [0.2, 0.25) is 0 Å². The molecule has 1 aromatic rings. The molecule has 0 aliphatic rings. The SMILES string of the molecule is C[C@H](N)C(=O)Oc1ccc(C[C@H](N)C(=O)O)cc1.NCCCC[C@H](N)C(=O)O.N[C@@H](CCC(=O)O)C(=O)O. The Morgan fingerprint density at radius 1 is 0.763 bits per heavy atom. The van der Waals surface area contributed by atoms with Crippen LogP contribution in [0.2, 0.25) is 0 Å². The van der Waals surface area contributed by atoms with Crippen molar-refractivity contribution in [3.8, 4) is 5.75 Å². The maximum atomic E-state index is 11.2. The number of rotatable bonds is 14. The van der Waals surface area contributed by atoms with Crippen LogP contribution in [0.15, 0.2) is 24.3 Å². The van der Waals surface area contributed by atoms with Crippen LogP contribution in [0.4, 0.5) is 0 Å². The molecule has 0 saturated heterocycles. The quantitative estimate of drug-likeness (QED) is 0.0743. The third-order valence-electron chi connectivity index (χ3n) is 4.56. The molecule has 15 nitrogen and oxygen atoms in total. The summed E-state index contributed by atoms with van der Waals surface area (Å²) in [6.45, 7) is 2.13. The van der Waals surface area contributed by atoms with Crippen LogP contribution in [0.5, 0.6) is 5.75 Å². The van der Waals surface area contributed by atoms with Crippen molar-refractivity contribution in [2.24, 2.45) is 28.7 Å². The molecule has 1 aromatic carbocycles. The molecule has 216 valence electrons. The van der Waals surface area contributed by atoms with Gasteiger partial charge in [0, 0.05) is 6.42 Å². The number of ether oxygens (including phenoxy) is 1. The zero-order valence-corrected chi connectivity index (χ0v) is 21.2.